The number of hydrazine groups is 1. The SMILES string of the molecule is CN(C)N(O)c1cccc(NC(=O)CCl)c1. The van der Waals surface area contributed by atoms with Crippen molar-refractivity contribution in [3.8, 4) is 0 Å². The lowest BCUT2D eigenvalue weighted by Gasteiger charge is -2.23. The fourth-order valence-corrected chi connectivity index (χ4v) is 1.20. The maximum atomic E-state index is 11.1. The number of nitrogens with one attached hydrogen (secondary N) is 1. The molecule has 0 heterocycles. The molecule has 2 N–H and O–H groups in total. The second kappa shape index (κ2) is 5.69. The first-order chi connectivity index (χ1) is 7.54. The first kappa shape index (κ1) is 12.8. The van der Waals surface area contributed by atoms with Gasteiger partial charge in [-0.25, -0.2) is 5.01 Å². The summed E-state index contributed by atoms with van der Waals surface area (Å²) in [6, 6.07) is 6.81. The van der Waals surface area contributed by atoms with Crippen LogP contribution in [0.2, 0.25) is 0 Å². The molecule has 0 aliphatic carbocycles. The Bertz CT molecular complexity index is 371. The fourth-order valence-electron chi connectivity index (χ4n) is 1.13. The highest BCUT2D eigenvalue weighted by atomic mass is 35.5. The smallest absolute Gasteiger partial charge is 0.239 e. The Balaban J connectivity index is 2.82. The van der Waals surface area contributed by atoms with Gasteiger partial charge >= 0.3 is 0 Å². The molecule has 6 heteroatoms. The summed E-state index contributed by atoms with van der Waals surface area (Å²) < 4.78 is 0. The Morgan fingerprint density at radius 1 is 1.50 bits per heavy atom. The van der Waals surface area contributed by atoms with Crippen molar-refractivity contribution in [3.05, 3.63) is 24.3 Å². The highest BCUT2D eigenvalue weighted by Gasteiger charge is 2.06. The van der Waals surface area contributed by atoms with Crippen LogP contribution in [0.3, 0.4) is 0 Å². The average molecular weight is 244 g/mol. The van der Waals surface area contributed by atoms with Gasteiger partial charge in [0.05, 0.1) is 5.69 Å². The second-order valence-electron chi connectivity index (χ2n) is 3.37. The van der Waals surface area contributed by atoms with Crippen molar-refractivity contribution in [1.29, 1.82) is 0 Å². The van der Waals surface area contributed by atoms with Gasteiger partial charge in [-0.3, -0.25) is 10.0 Å². The van der Waals surface area contributed by atoms with E-state index >= 15 is 0 Å². The van der Waals surface area contributed by atoms with Gasteiger partial charge < -0.3 is 5.32 Å². The predicted octanol–water partition coefficient (Wildman–Crippen LogP) is 1.54. The highest BCUT2D eigenvalue weighted by Crippen LogP contribution is 2.18. The molecule has 0 saturated heterocycles. The Morgan fingerprint density at radius 2 is 2.19 bits per heavy atom. The largest absolute Gasteiger partial charge is 0.325 e. The highest BCUT2D eigenvalue weighted by molar-refractivity contribution is 6.29. The fraction of sp³-hybridized carbons (Fsp3) is 0.300. The maximum Gasteiger partial charge on any atom is 0.239 e. The summed E-state index contributed by atoms with van der Waals surface area (Å²) in [6.45, 7) is 0. The van der Waals surface area contributed by atoms with E-state index in [0.29, 0.717) is 11.4 Å². The third-order valence-corrected chi connectivity index (χ3v) is 2.10. The molecule has 0 fully saturated rings. The van der Waals surface area contributed by atoms with Crippen LogP contribution < -0.4 is 10.5 Å². The van der Waals surface area contributed by atoms with E-state index in [1.165, 1.54) is 5.01 Å². The molecule has 5 nitrogen and oxygen atoms in total. The quantitative estimate of drug-likeness (QED) is 0.622. The molecule has 0 saturated carbocycles. The van der Waals surface area contributed by atoms with Crippen LogP contribution >= 0.6 is 11.6 Å². The number of benzene rings is 1. The molecule has 1 aromatic rings. The second-order valence-corrected chi connectivity index (χ2v) is 3.64. The summed E-state index contributed by atoms with van der Waals surface area (Å²) in [5.41, 5.74) is 1.14. The van der Waals surface area contributed by atoms with Crippen LogP contribution in [-0.2, 0) is 4.79 Å². The van der Waals surface area contributed by atoms with Crippen molar-refractivity contribution in [1.82, 2.24) is 5.01 Å². The first-order valence-corrected chi connectivity index (χ1v) is 5.20. The van der Waals surface area contributed by atoms with E-state index in [1.54, 1.807) is 38.4 Å². The van der Waals surface area contributed by atoms with Crippen LogP contribution in [0.5, 0.6) is 0 Å². The summed E-state index contributed by atoms with van der Waals surface area (Å²) in [5, 5.41) is 14.7. The van der Waals surface area contributed by atoms with Crippen molar-refractivity contribution in [3.63, 3.8) is 0 Å². The van der Waals surface area contributed by atoms with Gasteiger partial charge in [0, 0.05) is 19.8 Å². The summed E-state index contributed by atoms with van der Waals surface area (Å²) in [7, 11) is 3.40. The number of hydrogen-bond acceptors (Lipinski definition) is 4. The van der Waals surface area contributed by atoms with Gasteiger partial charge in [-0.15, -0.1) is 11.6 Å². The van der Waals surface area contributed by atoms with Gasteiger partial charge in [0.1, 0.15) is 5.88 Å². The molecule has 0 aromatic heterocycles. The monoisotopic (exact) mass is 243 g/mol. The minimum Gasteiger partial charge on any atom is -0.325 e. The Morgan fingerprint density at radius 3 is 2.75 bits per heavy atom. The Hall–Kier alpha value is -1.30. The van der Waals surface area contributed by atoms with Gasteiger partial charge in [0.25, 0.3) is 0 Å². The minimum atomic E-state index is -0.284. The number of carbonyl (C=O) groups excluding carboxylic acids is 1. The lowest BCUT2D eigenvalue weighted by molar-refractivity contribution is -0.113. The number of amides is 1. The van der Waals surface area contributed by atoms with Crippen LogP contribution in [0, 0.1) is 0 Å². The third kappa shape index (κ3) is 3.37. The summed E-state index contributed by atoms with van der Waals surface area (Å²) in [6.07, 6.45) is 0. The van der Waals surface area contributed by atoms with E-state index in [0.717, 1.165) is 5.17 Å². The summed E-state index contributed by atoms with van der Waals surface area (Å²) in [4.78, 5) is 11.1. The maximum absolute atomic E-state index is 11.1. The summed E-state index contributed by atoms with van der Waals surface area (Å²) >= 11 is 5.37. The van der Waals surface area contributed by atoms with E-state index in [2.05, 4.69) is 5.32 Å². The molecule has 1 amide bonds. The van der Waals surface area contributed by atoms with Crippen LogP contribution in [0.1, 0.15) is 0 Å². The molecule has 0 atom stereocenters. The zero-order valence-electron chi connectivity index (χ0n) is 9.14. The number of alkyl halides is 1. The molecule has 16 heavy (non-hydrogen) atoms. The molecule has 0 unspecified atom stereocenters. The van der Waals surface area contributed by atoms with Crippen molar-refractivity contribution in [2.75, 3.05) is 30.5 Å². The van der Waals surface area contributed by atoms with Crippen molar-refractivity contribution < 1.29 is 10.0 Å². The number of rotatable bonds is 4. The zero-order chi connectivity index (χ0) is 12.1. The lowest BCUT2D eigenvalue weighted by Crippen LogP contribution is -2.33. The Kier molecular flexibility index (Phi) is 4.54. The molecule has 0 radical (unpaired) electrons. The zero-order valence-corrected chi connectivity index (χ0v) is 9.90. The van der Waals surface area contributed by atoms with Crippen LogP contribution in [0.15, 0.2) is 24.3 Å². The van der Waals surface area contributed by atoms with Gasteiger partial charge in [-0.05, 0) is 18.2 Å². The number of hydrogen-bond donors (Lipinski definition) is 2. The number of nitrogens with zero attached hydrogens (tertiary/aromatic N) is 2. The van der Waals surface area contributed by atoms with Gasteiger partial charge in [-0.2, -0.15) is 5.17 Å². The van der Waals surface area contributed by atoms with Crippen molar-refractivity contribution in [2.45, 2.75) is 0 Å². The van der Waals surface area contributed by atoms with E-state index in [-0.39, 0.29) is 11.8 Å². The molecule has 0 aliphatic heterocycles. The molecule has 0 bridgehead atoms. The van der Waals surface area contributed by atoms with E-state index in [1.807, 2.05) is 0 Å². The topological polar surface area (TPSA) is 55.8 Å². The average Bonchev–Trinajstić information content (AvgIpc) is 2.28. The minimum absolute atomic E-state index is 0.0965. The number of halogens is 1. The third-order valence-electron chi connectivity index (χ3n) is 1.86. The van der Waals surface area contributed by atoms with Gasteiger partial charge in [0.15, 0.2) is 0 Å². The van der Waals surface area contributed by atoms with Gasteiger partial charge in [0.2, 0.25) is 5.91 Å². The molecule has 88 valence electrons. The predicted molar refractivity (Wildman–Crippen MR) is 63.7 cm³/mol. The van der Waals surface area contributed by atoms with E-state index in [4.69, 9.17) is 11.6 Å². The van der Waals surface area contributed by atoms with Crippen LogP contribution in [0.25, 0.3) is 0 Å². The van der Waals surface area contributed by atoms with Gasteiger partial charge in [-0.1, -0.05) is 6.07 Å². The van der Waals surface area contributed by atoms with E-state index in [9.17, 15) is 10.0 Å². The molecule has 1 aromatic carbocycles. The first-order valence-electron chi connectivity index (χ1n) is 4.66. The molecule has 0 aliphatic rings. The van der Waals surface area contributed by atoms with E-state index < -0.39 is 0 Å². The molecular formula is C10H14ClN3O2. The van der Waals surface area contributed by atoms with Crippen molar-refractivity contribution >= 4 is 28.9 Å². The normalized spacial score (nSPS) is 10.3. The molecular weight excluding hydrogens is 230 g/mol. The number of anilines is 2. The molecule has 0 spiro atoms. The van der Waals surface area contributed by atoms with Crippen LogP contribution in [-0.4, -0.2) is 36.1 Å². The lowest BCUT2D eigenvalue weighted by atomic mass is 10.3. The standard InChI is InChI=1S/C10H14ClN3O2/c1-13(2)14(16)9-5-3-4-8(6-9)12-10(15)7-11/h3-6,16H,7H2,1-2H3,(H,12,15). The number of carbonyl (C=O) groups is 1. The van der Waals surface area contributed by atoms with Crippen molar-refractivity contribution in [2.24, 2.45) is 0 Å². The Labute approximate surface area is 99.1 Å². The molecule has 1 rings (SSSR count). The van der Waals surface area contributed by atoms with Crippen LogP contribution in [0.4, 0.5) is 11.4 Å². The summed E-state index contributed by atoms with van der Waals surface area (Å²) in [5.74, 6) is -0.381.